The minimum absolute atomic E-state index is 0.0386. The van der Waals surface area contributed by atoms with Crippen molar-refractivity contribution >= 4 is 40.4 Å². The van der Waals surface area contributed by atoms with Crippen molar-refractivity contribution in [3.05, 3.63) is 70.3 Å². The van der Waals surface area contributed by atoms with Crippen molar-refractivity contribution in [2.75, 3.05) is 23.3 Å². The number of aliphatic hydroxyl groups is 1. The molecule has 1 atom stereocenters. The van der Waals surface area contributed by atoms with Gasteiger partial charge < -0.3 is 25.1 Å². The quantitative estimate of drug-likeness (QED) is 0.529. The zero-order valence-corrected chi connectivity index (χ0v) is 17.4. The standard InChI is InChI=1S/C22H21N3O5S/c26-18(15-7-9-30-13-15)12-23-20(27)21(28)24-16-5-6-17-14(11-16)3-1-8-25(17)22(29)19-4-2-10-31-19/h2,4-7,9-11,13,18,26H,1,3,8,12H2,(H,23,27)(H,24,28). The molecule has 0 radical (unpaired) electrons. The molecule has 160 valence electrons. The van der Waals surface area contributed by atoms with Crippen LogP contribution in [0.25, 0.3) is 0 Å². The number of carbonyl (C=O) groups is 3. The summed E-state index contributed by atoms with van der Waals surface area (Å²) in [5, 5.41) is 16.8. The van der Waals surface area contributed by atoms with Crippen LogP contribution in [0.1, 0.15) is 33.3 Å². The summed E-state index contributed by atoms with van der Waals surface area (Å²) >= 11 is 1.40. The van der Waals surface area contributed by atoms with Crippen LogP contribution in [0.2, 0.25) is 0 Å². The number of thiophene rings is 1. The molecule has 31 heavy (non-hydrogen) atoms. The molecule has 0 saturated carbocycles. The van der Waals surface area contributed by atoms with Gasteiger partial charge in [0.05, 0.1) is 23.5 Å². The number of aliphatic hydroxyl groups excluding tert-OH is 1. The van der Waals surface area contributed by atoms with Crippen molar-refractivity contribution in [3.63, 3.8) is 0 Å². The molecule has 3 N–H and O–H groups in total. The molecule has 0 bridgehead atoms. The van der Waals surface area contributed by atoms with Gasteiger partial charge >= 0.3 is 11.8 Å². The molecule has 3 aromatic rings. The number of rotatable bonds is 5. The van der Waals surface area contributed by atoms with Crippen LogP contribution in [0.4, 0.5) is 11.4 Å². The van der Waals surface area contributed by atoms with Crippen molar-refractivity contribution in [1.29, 1.82) is 0 Å². The van der Waals surface area contributed by atoms with Gasteiger partial charge in [-0.2, -0.15) is 0 Å². The Morgan fingerprint density at radius 2 is 2.06 bits per heavy atom. The van der Waals surface area contributed by atoms with Crippen LogP contribution in [0.15, 0.2) is 58.7 Å². The van der Waals surface area contributed by atoms with E-state index in [0.717, 1.165) is 24.1 Å². The topological polar surface area (TPSA) is 112 Å². The first-order chi connectivity index (χ1) is 15.0. The van der Waals surface area contributed by atoms with Crippen LogP contribution in [0, 0.1) is 0 Å². The van der Waals surface area contributed by atoms with E-state index in [2.05, 4.69) is 10.6 Å². The Hall–Kier alpha value is -3.43. The number of nitrogens with zero attached hydrogens (tertiary/aromatic N) is 1. The summed E-state index contributed by atoms with van der Waals surface area (Å²) in [5.41, 5.74) is 2.73. The lowest BCUT2D eigenvalue weighted by Crippen LogP contribution is -2.37. The molecule has 1 unspecified atom stereocenters. The lowest BCUT2D eigenvalue weighted by atomic mass is 10.0. The van der Waals surface area contributed by atoms with Gasteiger partial charge in [-0.05, 0) is 54.1 Å². The van der Waals surface area contributed by atoms with Crippen molar-refractivity contribution < 1.29 is 23.9 Å². The largest absolute Gasteiger partial charge is 0.472 e. The van der Waals surface area contributed by atoms with Gasteiger partial charge in [-0.3, -0.25) is 14.4 Å². The molecule has 1 aromatic carbocycles. The summed E-state index contributed by atoms with van der Waals surface area (Å²) in [4.78, 5) is 39.5. The molecule has 4 rings (SSSR count). The number of fused-ring (bicyclic) bond motifs is 1. The Bertz CT molecular complexity index is 1080. The first-order valence-electron chi connectivity index (χ1n) is 9.80. The second-order valence-electron chi connectivity index (χ2n) is 7.12. The van der Waals surface area contributed by atoms with E-state index >= 15 is 0 Å². The predicted octanol–water partition coefficient (Wildman–Crippen LogP) is 2.72. The molecule has 3 amide bonds. The normalized spacial score (nSPS) is 13.9. The highest BCUT2D eigenvalue weighted by molar-refractivity contribution is 7.12. The molecule has 3 heterocycles. The fraction of sp³-hybridized carbons (Fsp3) is 0.227. The maximum atomic E-state index is 12.8. The van der Waals surface area contributed by atoms with E-state index in [-0.39, 0.29) is 12.5 Å². The number of furan rings is 1. The van der Waals surface area contributed by atoms with Gasteiger partial charge in [-0.25, -0.2) is 0 Å². The molecule has 9 heteroatoms. The highest BCUT2D eigenvalue weighted by Gasteiger charge is 2.25. The third-order valence-corrected chi connectivity index (χ3v) is 5.88. The van der Waals surface area contributed by atoms with E-state index in [0.29, 0.717) is 22.7 Å². The van der Waals surface area contributed by atoms with E-state index in [4.69, 9.17) is 4.42 Å². The van der Waals surface area contributed by atoms with Crippen molar-refractivity contribution in [2.45, 2.75) is 18.9 Å². The maximum absolute atomic E-state index is 12.8. The van der Waals surface area contributed by atoms with Crippen LogP contribution in [-0.4, -0.2) is 35.9 Å². The van der Waals surface area contributed by atoms with Gasteiger partial charge in [0.1, 0.15) is 0 Å². The number of hydrogen-bond acceptors (Lipinski definition) is 6. The fourth-order valence-corrected chi connectivity index (χ4v) is 4.13. The second kappa shape index (κ2) is 9.15. The minimum atomic E-state index is -0.967. The lowest BCUT2D eigenvalue weighted by molar-refractivity contribution is -0.136. The van der Waals surface area contributed by atoms with Gasteiger partial charge in [-0.1, -0.05) is 6.07 Å². The number of aryl methyl sites for hydroxylation is 1. The minimum Gasteiger partial charge on any atom is -0.472 e. The summed E-state index contributed by atoms with van der Waals surface area (Å²) < 4.78 is 4.88. The number of carbonyl (C=O) groups excluding carboxylic acids is 3. The molecule has 2 aromatic heterocycles. The Morgan fingerprint density at radius 3 is 2.81 bits per heavy atom. The smallest absolute Gasteiger partial charge is 0.313 e. The summed E-state index contributed by atoms with van der Waals surface area (Å²) in [6.07, 6.45) is 3.41. The molecule has 0 fully saturated rings. The van der Waals surface area contributed by atoms with Crippen molar-refractivity contribution in [1.82, 2.24) is 5.32 Å². The molecular weight excluding hydrogens is 418 g/mol. The maximum Gasteiger partial charge on any atom is 0.313 e. The molecule has 1 aliphatic heterocycles. The van der Waals surface area contributed by atoms with Gasteiger partial charge in [0, 0.05) is 30.0 Å². The number of benzene rings is 1. The summed E-state index contributed by atoms with van der Waals surface area (Å²) in [6, 6.07) is 10.5. The molecule has 0 saturated heterocycles. The number of anilines is 2. The van der Waals surface area contributed by atoms with Crippen LogP contribution in [0.3, 0.4) is 0 Å². The molecule has 1 aliphatic rings. The molecule has 0 aliphatic carbocycles. The molecular formula is C22H21N3O5S. The zero-order valence-electron chi connectivity index (χ0n) is 16.5. The SMILES string of the molecule is O=C(NCC(O)c1ccoc1)C(=O)Nc1ccc2c(c1)CCCN2C(=O)c1cccs1. The van der Waals surface area contributed by atoms with Gasteiger partial charge in [0.2, 0.25) is 0 Å². The predicted molar refractivity (Wildman–Crippen MR) is 116 cm³/mol. The Labute approximate surface area is 182 Å². The monoisotopic (exact) mass is 439 g/mol. The Kier molecular flexibility index (Phi) is 6.15. The second-order valence-corrected chi connectivity index (χ2v) is 8.07. The van der Waals surface area contributed by atoms with E-state index in [1.807, 2.05) is 11.4 Å². The third-order valence-electron chi connectivity index (χ3n) is 5.02. The fourth-order valence-electron chi connectivity index (χ4n) is 3.46. The lowest BCUT2D eigenvalue weighted by Gasteiger charge is -2.29. The first-order valence-corrected chi connectivity index (χ1v) is 10.7. The molecule has 0 spiro atoms. The van der Waals surface area contributed by atoms with Gasteiger partial charge in [0.15, 0.2) is 0 Å². The average molecular weight is 439 g/mol. The van der Waals surface area contributed by atoms with Crippen LogP contribution in [0.5, 0.6) is 0 Å². The van der Waals surface area contributed by atoms with Crippen molar-refractivity contribution in [2.24, 2.45) is 0 Å². The van der Waals surface area contributed by atoms with Gasteiger partial charge in [0.25, 0.3) is 5.91 Å². The van der Waals surface area contributed by atoms with Crippen molar-refractivity contribution in [3.8, 4) is 0 Å². The molecule has 8 nitrogen and oxygen atoms in total. The summed E-state index contributed by atoms with van der Waals surface area (Å²) in [7, 11) is 0. The third kappa shape index (κ3) is 4.68. The number of nitrogens with one attached hydrogen (secondary N) is 2. The zero-order chi connectivity index (χ0) is 21.8. The first kappa shape index (κ1) is 20.8. The van der Waals surface area contributed by atoms with Crippen LogP contribution in [-0.2, 0) is 16.0 Å². The highest BCUT2D eigenvalue weighted by Crippen LogP contribution is 2.31. The number of amides is 3. The van der Waals surface area contributed by atoms with E-state index in [1.165, 1.54) is 23.9 Å². The summed E-state index contributed by atoms with van der Waals surface area (Å²) in [6.45, 7) is 0.520. The Balaban J connectivity index is 1.39. The Morgan fingerprint density at radius 1 is 1.19 bits per heavy atom. The number of hydrogen-bond donors (Lipinski definition) is 3. The van der Waals surface area contributed by atoms with Crippen LogP contribution < -0.4 is 15.5 Å². The van der Waals surface area contributed by atoms with E-state index in [9.17, 15) is 19.5 Å². The van der Waals surface area contributed by atoms with E-state index in [1.54, 1.807) is 35.2 Å². The van der Waals surface area contributed by atoms with Gasteiger partial charge in [-0.15, -0.1) is 11.3 Å². The van der Waals surface area contributed by atoms with Crippen LogP contribution >= 0.6 is 11.3 Å². The highest BCUT2D eigenvalue weighted by atomic mass is 32.1. The average Bonchev–Trinajstić information content (AvgIpc) is 3.50. The summed E-state index contributed by atoms with van der Waals surface area (Å²) in [5.74, 6) is -1.72. The van der Waals surface area contributed by atoms with E-state index < -0.39 is 17.9 Å².